The summed E-state index contributed by atoms with van der Waals surface area (Å²) >= 11 is 0. The molecule has 0 fully saturated rings. The van der Waals surface area contributed by atoms with E-state index in [1.54, 1.807) is 7.05 Å². The molecule has 0 radical (unpaired) electrons. The lowest BCUT2D eigenvalue weighted by Gasteiger charge is -2.17. The third-order valence-electron chi connectivity index (χ3n) is 2.95. The molecule has 0 aromatic heterocycles. The first-order chi connectivity index (χ1) is 8.40. The standard InChI is InChI=1S/C14H19NO3/c1-10-4-5-11(2)12(8-10)6-7-15(3)13(16)9-14(17)18/h4-5,8H,6-7,9H2,1-3H3,(H,17,18). The van der Waals surface area contributed by atoms with Crippen LogP contribution in [0.1, 0.15) is 23.1 Å². The van der Waals surface area contributed by atoms with E-state index in [-0.39, 0.29) is 5.91 Å². The SMILES string of the molecule is Cc1ccc(C)c(CCN(C)C(=O)CC(=O)O)c1. The van der Waals surface area contributed by atoms with Gasteiger partial charge < -0.3 is 10.0 Å². The summed E-state index contributed by atoms with van der Waals surface area (Å²) in [6.45, 7) is 4.60. The van der Waals surface area contributed by atoms with Crippen molar-refractivity contribution in [2.45, 2.75) is 26.7 Å². The summed E-state index contributed by atoms with van der Waals surface area (Å²) in [6, 6.07) is 6.21. The molecule has 4 nitrogen and oxygen atoms in total. The van der Waals surface area contributed by atoms with Crippen LogP contribution in [0.15, 0.2) is 18.2 Å². The molecular weight excluding hydrogens is 230 g/mol. The highest BCUT2D eigenvalue weighted by Crippen LogP contribution is 2.11. The number of benzene rings is 1. The van der Waals surface area contributed by atoms with Crippen LogP contribution in [0.25, 0.3) is 0 Å². The molecule has 0 unspecified atom stereocenters. The summed E-state index contributed by atoms with van der Waals surface area (Å²) in [7, 11) is 1.64. The van der Waals surface area contributed by atoms with Crippen molar-refractivity contribution in [2.24, 2.45) is 0 Å². The van der Waals surface area contributed by atoms with Crippen LogP contribution >= 0.6 is 0 Å². The predicted molar refractivity (Wildman–Crippen MR) is 69.5 cm³/mol. The van der Waals surface area contributed by atoms with Gasteiger partial charge >= 0.3 is 5.97 Å². The zero-order chi connectivity index (χ0) is 13.7. The van der Waals surface area contributed by atoms with Crippen LogP contribution in [-0.2, 0) is 16.0 Å². The molecule has 0 heterocycles. The number of aryl methyl sites for hydroxylation is 2. The van der Waals surface area contributed by atoms with Gasteiger partial charge in [-0.25, -0.2) is 0 Å². The fourth-order valence-electron chi connectivity index (χ4n) is 1.75. The monoisotopic (exact) mass is 249 g/mol. The van der Waals surface area contributed by atoms with E-state index < -0.39 is 12.4 Å². The number of amides is 1. The minimum atomic E-state index is -1.08. The fourth-order valence-corrected chi connectivity index (χ4v) is 1.75. The molecule has 0 aliphatic rings. The van der Waals surface area contributed by atoms with Crippen LogP contribution in [0.3, 0.4) is 0 Å². The predicted octanol–water partition coefficient (Wildman–Crippen LogP) is 1.78. The van der Waals surface area contributed by atoms with E-state index in [2.05, 4.69) is 18.2 Å². The number of carboxylic acids is 1. The molecule has 0 atom stereocenters. The van der Waals surface area contributed by atoms with Gasteiger partial charge in [0.1, 0.15) is 6.42 Å². The maximum atomic E-state index is 11.5. The Morgan fingerprint density at radius 1 is 1.28 bits per heavy atom. The highest BCUT2D eigenvalue weighted by molar-refractivity contribution is 5.93. The van der Waals surface area contributed by atoms with Crippen LogP contribution in [0, 0.1) is 13.8 Å². The maximum Gasteiger partial charge on any atom is 0.312 e. The second kappa shape index (κ2) is 6.19. The highest BCUT2D eigenvalue weighted by atomic mass is 16.4. The summed E-state index contributed by atoms with van der Waals surface area (Å²) in [5.41, 5.74) is 3.58. The lowest BCUT2D eigenvalue weighted by molar-refractivity contribution is -0.143. The minimum Gasteiger partial charge on any atom is -0.481 e. The Morgan fingerprint density at radius 2 is 1.94 bits per heavy atom. The molecule has 4 heteroatoms. The number of hydrogen-bond acceptors (Lipinski definition) is 2. The normalized spacial score (nSPS) is 10.2. The van der Waals surface area contributed by atoms with Crippen molar-refractivity contribution in [2.75, 3.05) is 13.6 Å². The number of likely N-dealkylation sites (N-methyl/N-ethyl adjacent to an activating group) is 1. The molecule has 1 aromatic rings. The van der Waals surface area contributed by atoms with Crippen molar-refractivity contribution in [1.82, 2.24) is 4.90 Å². The second-order valence-corrected chi connectivity index (χ2v) is 4.57. The molecule has 0 saturated carbocycles. The third-order valence-corrected chi connectivity index (χ3v) is 2.95. The Hall–Kier alpha value is -1.84. The van der Waals surface area contributed by atoms with Gasteiger partial charge in [0.05, 0.1) is 0 Å². The number of aliphatic carboxylic acids is 1. The second-order valence-electron chi connectivity index (χ2n) is 4.57. The number of carbonyl (C=O) groups excluding carboxylic acids is 1. The Kier molecular flexibility index (Phi) is 4.89. The average Bonchev–Trinajstić information content (AvgIpc) is 2.29. The lowest BCUT2D eigenvalue weighted by atomic mass is 10.0. The fraction of sp³-hybridized carbons (Fsp3) is 0.429. The van der Waals surface area contributed by atoms with Gasteiger partial charge in [-0.15, -0.1) is 0 Å². The molecule has 0 aliphatic heterocycles. The average molecular weight is 249 g/mol. The molecule has 1 amide bonds. The zero-order valence-electron chi connectivity index (χ0n) is 11.1. The third kappa shape index (κ3) is 4.20. The van der Waals surface area contributed by atoms with Gasteiger partial charge in [0.25, 0.3) is 0 Å². The quantitative estimate of drug-likeness (QED) is 0.809. The highest BCUT2D eigenvalue weighted by Gasteiger charge is 2.12. The summed E-state index contributed by atoms with van der Waals surface area (Å²) in [4.78, 5) is 23.4. The van der Waals surface area contributed by atoms with E-state index in [0.29, 0.717) is 6.54 Å². The van der Waals surface area contributed by atoms with Crippen molar-refractivity contribution in [3.63, 3.8) is 0 Å². The van der Waals surface area contributed by atoms with Crippen molar-refractivity contribution in [3.8, 4) is 0 Å². The van der Waals surface area contributed by atoms with Crippen LogP contribution in [0.2, 0.25) is 0 Å². The summed E-state index contributed by atoms with van der Waals surface area (Å²) in [6.07, 6.45) is 0.304. The summed E-state index contributed by atoms with van der Waals surface area (Å²) in [5.74, 6) is -1.44. The van der Waals surface area contributed by atoms with Gasteiger partial charge in [0.2, 0.25) is 5.91 Å². The first-order valence-corrected chi connectivity index (χ1v) is 5.92. The Morgan fingerprint density at radius 3 is 2.56 bits per heavy atom. The van der Waals surface area contributed by atoms with Crippen molar-refractivity contribution in [3.05, 3.63) is 34.9 Å². The Bertz CT molecular complexity index is 454. The molecule has 1 rings (SSSR count). The van der Waals surface area contributed by atoms with E-state index in [1.807, 2.05) is 13.8 Å². The molecule has 0 saturated heterocycles. The van der Waals surface area contributed by atoms with Gasteiger partial charge in [-0.3, -0.25) is 9.59 Å². The largest absolute Gasteiger partial charge is 0.481 e. The number of rotatable bonds is 5. The smallest absolute Gasteiger partial charge is 0.312 e. The molecule has 98 valence electrons. The van der Waals surface area contributed by atoms with Gasteiger partial charge in [-0.2, -0.15) is 0 Å². The van der Waals surface area contributed by atoms with Gasteiger partial charge in [-0.05, 0) is 31.4 Å². The summed E-state index contributed by atoms with van der Waals surface area (Å²) < 4.78 is 0. The number of nitrogens with zero attached hydrogens (tertiary/aromatic N) is 1. The van der Waals surface area contributed by atoms with E-state index in [9.17, 15) is 9.59 Å². The van der Waals surface area contributed by atoms with E-state index in [1.165, 1.54) is 21.6 Å². The molecule has 0 aliphatic carbocycles. The van der Waals surface area contributed by atoms with Crippen molar-refractivity contribution in [1.29, 1.82) is 0 Å². The Balaban J connectivity index is 2.57. The van der Waals surface area contributed by atoms with E-state index in [4.69, 9.17) is 5.11 Å². The number of carboxylic acid groups (broad SMARTS) is 1. The molecule has 1 aromatic carbocycles. The van der Waals surface area contributed by atoms with Gasteiger partial charge in [0, 0.05) is 13.6 Å². The van der Waals surface area contributed by atoms with Crippen molar-refractivity contribution >= 4 is 11.9 Å². The van der Waals surface area contributed by atoms with Crippen LogP contribution in [0.4, 0.5) is 0 Å². The Labute approximate surface area is 107 Å². The van der Waals surface area contributed by atoms with Crippen LogP contribution < -0.4 is 0 Å². The summed E-state index contributed by atoms with van der Waals surface area (Å²) in [5, 5.41) is 8.55. The van der Waals surface area contributed by atoms with Crippen LogP contribution in [-0.4, -0.2) is 35.5 Å². The first kappa shape index (κ1) is 14.2. The van der Waals surface area contributed by atoms with Crippen LogP contribution in [0.5, 0.6) is 0 Å². The molecule has 0 bridgehead atoms. The van der Waals surface area contributed by atoms with E-state index in [0.717, 1.165) is 6.42 Å². The molecule has 0 spiro atoms. The molecule has 1 N–H and O–H groups in total. The van der Waals surface area contributed by atoms with Gasteiger partial charge in [0.15, 0.2) is 0 Å². The maximum absolute atomic E-state index is 11.5. The topological polar surface area (TPSA) is 57.6 Å². The first-order valence-electron chi connectivity index (χ1n) is 5.92. The molecular formula is C14H19NO3. The zero-order valence-corrected chi connectivity index (χ0v) is 11.1. The van der Waals surface area contributed by atoms with Gasteiger partial charge in [-0.1, -0.05) is 23.8 Å². The molecule has 18 heavy (non-hydrogen) atoms. The lowest BCUT2D eigenvalue weighted by Crippen LogP contribution is -2.30. The van der Waals surface area contributed by atoms with E-state index >= 15 is 0 Å². The number of hydrogen-bond donors (Lipinski definition) is 1. The number of carbonyl (C=O) groups is 2. The minimum absolute atomic E-state index is 0.354. The van der Waals surface area contributed by atoms with Crippen molar-refractivity contribution < 1.29 is 14.7 Å².